The van der Waals surface area contributed by atoms with Crippen molar-refractivity contribution in [1.82, 2.24) is 19.8 Å². The number of ether oxygens (including phenoxy) is 1. The molecule has 0 aliphatic rings. The minimum Gasteiger partial charge on any atom is -0.494 e. The molecular formula is C32H43N7O5. The third-order valence-electron chi connectivity index (χ3n) is 7.22. The third kappa shape index (κ3) is 8.08. The number of nitrogens with zero attached hydrogens (tertiary/aromatic N) is 6. The molecule has 3 rings (SSSR count). The summed E-state index contributed by atoms with van der Waals surface area (Å²) in [5.41, 5.74) is 4.14. The summed E-state index contributed by atoms with van der Waals surface area (Å²) >= 11 is 0. The zero-order chi connectivity index (χ0) is 32.6. The standard InChI is InChI=1S/C32H43N7O5/c1-21(2)29(31(41)38(7)17-18-40)30(23-12-10-9-11-22(23)3)24-13-14-33-32(34-24)35-25-19-27(39(42)43)26(20-28(25)44-8)37(6)16-15-36(4)5/h9-14,19-21,40H,15-18H2,1-8H3,(H,33,34,35)/b30-29-. The van der Waals surface area contributed by atoms with Crippen LogP contribution in [0.1, 0.15) is 30.7 Å². The maximum Gasteiger partial charge on any atom is 0.294 e. The summed E-state index contributed by atoms with van der Waals surface area (Å²) in [6.07, 6.45) is 1.58. The molecule has 12 heteroatoms. The number of hydrogen-bond acceptors (Lipinski definition) is 10. The summed E-state index contributed by atoms with van der Waals surface area (Å²) in [5.74, 6) is 0.167. The number of aliphatic hydroxyl groups excluding tert-OH is 1. The number of carbonyl (C=O) groups is 1. The van der Waals surface area contributed by atoms with Gasteiger partial charge in [0.2, 0.25) is 5.95 Å². The van der Waals surface area contributed by atoms with Crippen LogP contribution in [-0.4, -0.2) is 97.2 Å². The van der Waals surface area contributed by atoms with E-state index in [1.54, 1.807) is 32.4 Å². The van der Waals surface area contributed by atoms with Gasteiger partial charge in [-0.2, -0.15) is 0 Å². The summed E-state index contributed by atoms with van der Waals surface area (Å²) in [5, 5.41) is 24.7. The molecule has 236 valence electrons. The van der Waals surface area contributed by atoms with Crippen LogP contribution in [0.5, 0.6) is 5.75 Å². The smallest absolute Gasteiger partial charge is 0.294 e. The van der Waals surface area contributed by atoms with Crippen LogP contribution in [0.25, 0.3) is 5.57 Å². The van der Waals surface area contributed by atoms with Crippen molar-refractivity contribution in [3.8, 4) is 5.75 Å². The number of rotatable bonds is 14. The predicted molar refractivity (Wildman–Crippen MR) is 174 cm³/mol. The first-order valence-electron chi connectivity index (χ1n) is 14.4. The second kappa shape index (κ2) is 15.3. The number of aromatic nitrogens is 2. The third-order valence-corrected chi connectivity index (χ3v) is 7.22. The van der Waals surface area contributed by atoms with Gasteiger partial charge in [0.15, 0.2) is 0 Å². The highest BCUT2D eigenvalue weighted by Crippen LogP contribution is 2.39. The van der Waals surface area contributed by atoms with Crippen LogP contribution in [0.2, 0.25) is 0 Å². The van der Waals surface area contributed by atoms with Crippen LogP contribution >= 0.6 is 0 Å². The van der Waals surface area contributed by atoms with Gasteiger partial charge in [-0.1, -0.05) is 38.1 Å². The quantitative estimate of drug-likeness (QED) is 0.155. The van der Waals surface area contributed by atoms with E-state index in [2.05, 4.69) is 10.3 Å². The van der Waals surface area contributed by atoms with Gasteiger partial charge < -0.3 is 29.9 Å². The van der Waals surface area contributed by atoms with Crippen molar-refractivity contribution >= 4 is 34.5 Å². The minimum atomic E-state index is -0.425. The number of nitro groups is 1. The van der Waals surface area contributed by atoms with E-state index in [1.165, 1.54) is 18.1 Å². The van der Waals surface area contributed by atoms with Crippen LogP contribution in [0, 0.1) is 23.0 Å². The lowest BCUT2D eigenvalue weighted by Gasteiger charge is -2.24. The Hall–Kier alpha value is -4.55. The molecule has 0 bridgehead atoms. The number of amides is 1. The van der Waals surface area contributed by atoms with Gasteiger partial charge in [0.05, 0.1) is 30.0 Å². The number of likely N-dealkylation sites (N-methyl/N-ethyl adjacent to an activating group) is 3. The fraction of sp³-hybridized carbons (Fsp3) is 0.406. The number of carbonyl (C=O) groups excluding carboxylic acids is 1. The van der Waals surface area contributed by atoms with E-state index in [-0.39, 0.29) is 36.6 Å². The van der Waals surface area contributed by atoms with Crippen molar-refractivity contribution in [2.45, 2.75) is 20.8 Å². The maximum absolute atomic E-state index is 13.7. The van der Waals surface area contributed by atoms with Crippen LogP contribution < -0.4 is 15.0 Å². The van der Waals surface area contributed by atoms with Crippen molar-refractivity contribution in [2.24, 2.45) is 5.92 Å². The lowest BCUT2D eigenvalue weighted by atomic mass is 9.87. The minimum absolute atomic E-state index is 0.0918. The van der Waals surface area contributed by atoms with Crippen molar-refractivity contribution in [1.29, 1.82) is 0 Å². The fourth-order valence-corrected chi connectivity index (χ4v) is 4.80. The molecule has 2 N–H and O–H groups in total. The molecule has 0 saturated heterocycles. The number of anilines is 3. The summed E-state index contributed by atoms with van der Waals surface area (Å²) in [4.78, 5) is 39.9. The van der Waals surface area contributed by atoms with E-state index in [0.29, 0.717) is 47.1 Å². The number of nitro benzene ring substituents is 1. The lowest BCUT2D eigenvalue weighted by molar-refractivity contribution is -0.384. The molecule has 2 aromatic carbocycles. The van der Waals surface area contributed by atoms with Crippen LogP contribution in [0.3, 0.4) is 0 Å². The van der Waals surface area contributed by atoms with E-state index >= 15 is 0 Å². The topological polar surface area (TPSA) is 137 Å². The van der Waals surface area contributed by atoms with E-state index in [9.17, 15) is 20.0 Å². The monoisotopic (exact) mass is 605 g/mol. The molecule has 0 aliphatic carbocycles. The van der Waals surface area contributed by atoms with Crippen molar-refractivity contribution in [3.05, 3.63) is 81.2 Å². The predicted octanol–water partition coefficient (Wildman–Crippen LogP) is 4.35. The van der Waals surface area contributed by atoms with Gasteiger partial charge in [-0.15, -0.1) is 0 Å². The average Bonchev–Trinajstić information content (AvgIpc) is 2.98. The molecule has 1 amide bonds. The van der Waals surface area contributed by atoms with Crippen LogP contribution in [0.15, 0.2) is 54.2 Å². The van der Waals surface area contributed by atoms with Gasteiger partial charge >= 0.3 is 0 Å². The van der Waals surface area contributed by atoms with Crippen molar-refractivity contribution in [2.75, 3.05) is 71.8 Å². The van der Waals surface area contributed by atoms with Gasteiger partial charge in [0, 0.05) is 63.2 Å². The molecule has 12 nitrogen and oxygen atoms in total. The SMILES string of the molecule is COc1cc(N(C)CCN(C)C)c([N+](=O)[O-])cc1Nc1nccc(/C(=C(\C(=O)N(C)CCO)C(C)C)c2ccccc2C)n1. The summed E-state index contributed by atoms with van der Waals surface area (Å²) in [6, 6.07) is 12.5. The number of benzene rings is 2. The lowest BCUT2D eigenvalue weighted by Crippen LogP contribution is -2.33. The molecule has 0 spiro atoms. The Labute approximate surface area is 259 Å². The van der Waals surface area contributed by atoms with E-state index < -0.39 is 4.92 Å². The molecule has 0 unspecified atom stereocenters. The molecular weight excluding hydrogens is 562 g/mol. The van der Waals surface area contributed by atoms with Crippen LogP contribution in [-0.2, 0) is 4.79 Å². The highest BCUT2D eigenvalue weighted by atomic mass is 16.6. The van der Waals surface area contributed by atoms with E-state index in [4.69, 9.17) is 9.72 Å². The normalized spacial score (nSPS) is 11.8. The largest absolute Gasteiger partial charge is 0.494 e. The Morgan fingerprint density at radius 3 is 2.39 bits per heavy atom. The highest BCUT2D eigenvalue weighted by Gasteiger charge is 2.27. The first kappa shape index (κ1) is 33.9. The number of aliphatic hydroxyl groups is 1. The number of methoxy groups -OCH3 is 1. The van der Waals surface area contributed by atoms with Gasteiger partial charge in [0.1, 0.15) is 11.4 Å². The maximum atomic E-state index is 13.7. The molecule has 0 atom stereocenters. The Morgan fingerprint density at radius 1 is 1.09 bits per heavy atom. The van der Waals surface area contributed by atoms with E-state index in [0.717, 1.165) is 11.1 Å². The molecule has 1 aromatic heterocycles. The second-order valence-corrected chi connectivity index (χ2v) is 11.1. The Balaban J connectivity index is 2.17. The molecule has 0 radical (unpaired) electrons. The molecule has 0 aliphatic heterocycles. The van der Waals surface area contributed by atoms with Gasteiger partial charge in [-0.25, -0.2) is 9.97 Å². The zero-order valence-corrected chi connectivity index (χ0v) is 26.8. The number of aryl methyl sites for hydroxylation is 1. The second-order valence-electron chi connectivity index (χ2n) is 11.1. The first-order chi connectivity index (χ1) is 20.9. The molecule has 44 heavy (non-hydrogen) atoms. The average molecular weight is 606 g/mol. The van der Waals surface area contributed by atoms with Gasteiger partial charge in [-0.05, 0) is 44.1 Å². The summed E-state index contributed by atoms with van der Waals surface area (Å²) in [7, 11) is 8.84. The van der Waals surface area contributed by atoms with Crippen LogP contribution in [0.4, 0.5) is 23.0 Å². The highest BCUT2D eigenvalue weighted by molar-refractivity contribution is 6.04. The number of nitrogens with one attached hydrogen (secondary N) is 1. The summed E-state index contributed by atoms with van der Waals surface area (Å²) in [6.45, 7) is 7.17. The molecule has 0 saturated carbocycles. The fourth-order valence-electron chi connectivity index (χ4n) is 4.80. The number of hydrogen-bond donors (Lipinski definition) is 2. The summed E-state index contributed by atoms with van der Waals surface area (Å²) < 4.78 is 5.62. The van der Waals surface area contributed by atoms with Gasteiger partial charge in [0.25, 0.3) is 11.6 Å². The van der Waals surface area contributed by atoms with Gasteiger partial charge in [-0.3, -0.25) is 14.9 Å². The molecule has 0 fully saturated rings. The zero-order valence-electron chi connectivity index (χ0n) is 26.8. The van der Waals surface area contributed by atoms with Crippen molar-refractivity contribution in [3.63, 3.8) is 0 Å². The Bertz CT molecular complexity index is 1510. The van der Waals surface area contributed by atoms with E-state index in [1.807, 2.05) is 68.9 Å². The Morgan fingerprint density at radius 2 is 1.80 bits per heavy atom. The van der Waals surface area contributed by atoms with Crippen molar-refractivity contribution < 1.29 is 19.6 Å². The Kier molecular flexibility index (Phi) is 11.8. The molecule has 3 aromatic rings. The first-order valence-corrected chi connectivity index (χ1v) is 14.4. The molecule has 1 heterocycles.